The average molecular weight is 269 g/mol. The Hall–Kier alpha value is -1.74. The fourth-order valence-corrected chi connectivity index (χ4v) is 2.37. The first-order valence-electron chi connectivity index (χ1n) is 7.33. The van der Waals surface area contributed by atoms with Gasteiger partial charge >= 0.3 is 0 Å². The number of hydrogen-bond donors (Lipinski definition) is 1. The number of benzene rings is 1. The molecular weight excluding hydrogens is 246 g/mol. The minimum absolute atomic E-state index is 0.330. The molecule has 1 aromatic carbocycles. The number of nitrogens with one attached hydrogen (secondary N) is 1. The first-order valence-corrected chi connectivity index (χ1v) is 7.33. The lowest BCUT2D eigenvalue weighted by molar-refractivity contribution is 0.496. The Balaban J connectivity index is 2.01. The molecule has 1 N–H and O–H groups in total. The third-order valence-corrected chi connectivity index (χ3v) is 3.43. The smallest absolute Gasteiger partial charge is 0.115 e. The first kappa shape index (κ1) is 14.7. The number of hydrogen-bond acceptors (Lipinski definition) is 3. The molecule has 2 rings (SSSR count). The van der Waals surface area contributed by atoms with Crippen molar-refractivity contribution in [1.29, 1.82) is 0 Å². The maximum atomic E-state index is 4.13. The van der Waals surface area contributed by atoms with Crippen molar-refractivity contribution in [2.45, 2.75) is 39.2 Å². The number of aryl methyl sites for hydroxylation is 2. The van der Waals surface area contributed by atoms with Crippen molar-refractivity contribution in [3.05, 3.63) is 59.7 Å². The van der Waals surface area contributed by atoms with Gasteiger partial charge in [0.2, 0.25) is 0 Å². The molecule has 0 radical (unpaired) electrons. The molecule has 0 bridgehead atoms. The molecule has 0 aliphatic carbocycles. The van der Waals surface area contributed by atoms with Crippen molar-refractivity contribution in [2.75, 3.05) is 6.54 Å². The van der Waals surface area contributed by atoms with Crippen molar-refractivity contribution in [3.8, 4) is 0 Å². The SMILES string of the molecule is CCCNC(CCc1cccc(C)c1)c1cncnc1. The molecule has 0 saturated carbocycles. The molecule has 1 unspecified atom stereocenters. The molecule has 106 valence electrons. The maximum Gasteiger partial charge on any atom is 0.115 e. The Labute approximate surface area is 121 Å². The quantitative estimate of drug-likeness (QED) is 0.836. The van der Waals surface area contributed by atoms with Gasteiger partial charge in [0, 0.05) is 24.0 Å². The summed E-state index contributed by atoms with van der Waals surface area (Å²) < 4.78 is 0. The Bertz CT molecular complexity index is 511. The van der Waals surface area contributed by atoms with Crippen molar-refractivity contribution < 1.29 is 0 Å². The molecule has 2 aromatic rings. The van der Waals surface area contributed by atoms with E-state index in [1.54, 1.807) is 6.33 Å². The summed E-state index contributed by atoms with van der Waals surface area (Å²) in [6, 6.07) is 9.06. The summed E-state index contributed by atoms with van der Waals surface area (Å²) in [4.78, 5) is 8.26. The van der Waals surface area contributed by atoms with Crippen LogP contribution in [0.4, 0.5) is 0 Å². The highest BCUT2D eigenvalue weighted by atomic mass is 14.9. The molecule has 0 fully saturated rings. The van der Waals surface area contributed by atoms with Crippen LogP contribution in [0.15, 0.2) is 43.0 Å². The monoisotopic (exact) mass is 269 g/mol. The van der Waals surface area contributed by atoms with Crippen molar-refractivity contribution in [2.24, 2.45) is 0 Å². The summed E-state index contributed by atoms with van der Waals surface area (Å²) in [5, 5.41) is 3.59. The van der Waals surface area contributed by atoms with Crippen LogP contribution < -0.4 is 5.32 Å². The van der Waals surface area contributed by atoms with Crippen LogP contribution in [0.25, 0.3) is 0 Å². The Morgan fingerprint density at radius 1 is 1.20 bits per heavy atom. The van der Waals surface area contributed by atoms with Crippen LogP contribution in [0.1, 0.15) is 42.5 Å². The van der Waals surface area contributed by atoms with Gasteiger partial charge in [0.15, 0.2) is 0 Å². The second-order valence-electron chi connectivity index (χ2n) is 5.21. The summed E-state index contributed by atoms with van der Waals surface area (Å²) in [7, 11) is 0. The van der Waals surface area contributed by atoms with Gasteiger partial charge in [0.05, 0.1) is 0 Å². The third kappa shape index (κ3) is 4.42. The average Bonchev–Trinajstić information content (AvgIpc) is 2.48. The molecule has 3 heteroatoms. The zero-order valence-corrected chi connectivity index (χ0v) is 12.3. The van der Waals surface area contributed by atoms with Crippen LogP contribution in [0, 0.1) is 6.92 Å². The summed E-state index contributed by atoms with van der Waals surface area (Å²) in [6.07, 6.45) is 8.68. The number of nitrogens with zero attached hydrogens (tertiary/aromatic N) is 2. The van der Waals surface area contributed by atoms with Crippen molar-refractivity contribution in [3.63, 3.8) is 0 Å². The van der Waals surface area contributed by atoms with E-state index in [4.69, 9.17) is 0 Å². The lowest BCUT2D eigenvalue weighted by atomic mass is 10.00. The second-order valence-corrected chi connectivity index (χ2v) is 5.21. The maximum absolute atomic E-state index is 4.13. The molecule has 20 heavy (non-hydrogen) atoms. The standard InChI is InChI=1S/C17H23N3/c1-3-9-20-17(16-11-18-13-19-12-16)8-7-15-6-4-5-14(2)10-15/h4-6,10-13,17,20H,3,7-9H2,1-2H3. The molecule has 0 saturated heterocycles. The Morgan fingerprint density at radius 2 is 2.00 bits per heavy atom. The number of aromatic nitrogens is 2. The minimum Gasteiger partial charge on any atom is -0.310 e. The topological polar surface area (TPSA) is 37.8 Å². The van der Waals surface area contributed by atoms with E-state index in [0.29, 0.717) is 6.04 Å². The fourth-order valence-electron chi connectivity index (χ4n) is 2.37. The highest BCUT2D eigenvalue weighted by Gasteiger charge is 2.11. The van der Waals surface area contributed by atoms with Gasteiger partial charge < -0.3 is 5.32 Å². The van der Waals surface area contributed by atoms with E-state index < -0.39 is 0 Å². The highest BCUT2D eigenvalue weighted by molar-refractivity contribution is 5.22. The summed E-state index contributed by atoms with van der Waals surface area (Å²) >= 11 is 0. The van der Waals surface area contributed by atoms with E-state index >= 15 is 0 Å². The molecule has 1 heterocycles. The summed E-state index contributed by atoms with van der Waals surface area (Å²) in [6.45, 7) is 5.35. The summed E-state index contributed by atoms with van der Waals surface area (Å²) in [5.41, 5.74) is 3.89. The Kier molecular flexibility index (Phi) is 5.69. The van der Waals surface area contributed by atoms with E-state index in [-0.39, 0.29) is 0 Å². The molecule has 1 aromatic heterocycles. The second kappa shape index (κ2) is 7.75. The van der Waals surface area contributed by atoms with Gasteiger partial charge in [-0.15, -0.1) is 0 Å². The fraction of sp³-hybridized carbons (Fsp3) is 0.412. The third-order valence-electron chi connectivity index (χ3n) is 3.43. The van der Waals surface area contributed by atoms with Crippen LogP contribution >= 0.6 is 0 Å². The van der Waals surface area contributed by atoms with Crippen molar-refractivity contribution in [1.82, 2.24) is 15.3 Å². The zero-order chi connectivity index (χ0) is 14.2. The zero-order valence-electron chi connectivity index (χ0n) is 12.3. The molecule has 3 nitrogen and oxygen atoms in total. The van der Waals surface area contributed by atoms with E-state index in [2.05, 4.69) is 53.4 Å². The molecule has 1 atom stereocenters. The van der Waals surface area contributed by atoms with Gasteiger partial charge in [-0.25, -0.2) is 9.97 Å². The predicted molar refractivity (Wildman–Crippen MR) is 82.6 cm³/mol. The molecular formula is C17H23N3. The molecule has 0 aliphatic rings. The van der Waals surface area contributed by atoms with Gasteiger partial charge in [-0.2, -0.15) is 0 Å². The minimum atomic E-state index is 0.330. The predicted octanol–water partition coefficient (Wildman–Crippen LogP) is 3.46. The molecule has 0 spiro atoms. The summed E-state index contributed by atoms with van der Waals surface area (Å²) in [5.74, 6) is 0. The largest absolute Gasteiger partial charge is 0.310 e. The van der Waals surface area contributed by atoms with Gasteiger partial charge in [-0.05, 0) is 38.3 Å². The lowest BCUT2D eigenvalue weighted by Gasteiger charge is -2.18. The number of rotatable bonds is 7. The van der Waals surface area contributed by atoms with E-state index in [1.165, 1.54) is 16.7 Å². The van der Waals surface area contributed by atoms with Crippen LogP contribution in [0.3, 0.4) is 0 Å². The van der Waals surface area contributed by atoms with Crippen LogP contribution in [-0.2, 0) is 6.42 Å². The van der Waals surface area contributed by atoms with E-state index in [9.17, 15) is 0 Å². The van der Waals surface area contributed by atoms with Gasteiger partial charge in [0.1, 0.15) is 6.33 Å². The van der Waals surface area contributed by atoms with Gasteiger partial charge in [0.25, 0.3) is 0 Å². The van der Waals surface area contributed by atoms with E-state index in [1.807, 2.05) is 12.4 Å². The lowest BCUT2D eigenvalue weighted by Crippen LogP contribution is -2.23. The molecule has 0 aliphatic heterocycles. The Morgan fingerprint density at radius 3 is 2.70 bits per heavy atom. The highest BCUT2D eigenvalue weighted by Crippen LogP contribution is 2.18. The van der Waals surface area contributed by atoms with Crippen LogP contribution in [0.5, 0.6) is 0 Å². The van der Waals surface area contributed by atoms with Crippen LogP contribution in [-0.4, -0.2) is 16.5 Å². The molecule has 0 amide bonds. The van der Waals surface area contributed by atoms with E-state index in [0.717, 1.165) is 25.8 Å². The normalized spacial score (nSPS) is 12.3. The van der Waals surface area contributed by atoms with Gasteiger partial charge in [-0.3, -0.25) is 0 Å². The van der Waals surface area contributed by atoms with Crippen LogP contribution in [0.2, 0.25) is 0 Å². The van der Waals surface area contributed by atoms with Gasteiger partial charge in [-0.1, -0.05) is 36.8 Å². The first-order chi connectivity index (χ1) is 9.79. The van der Waals surface area contributed by atoms with Crippen molar-refractivity contribution >= 4 is 0 Å².